The summed E-state index contributed by atoms with van der Waals surface area (Å²) in [6, 6.07) is 24.1. The third-order valence-corrected chi connectivity index (χ3v) is 6.60. The van der Waals surface area contributed by atoms with Crippen LogP contribution in [-0.4, -0.2) is 18.8 Å². The molecule has 118 valence electrons. The van der Waals surface area contributed by atoms with E-state index in [-0.39, 0.29) is 0 Å². The Morgan fingerprint density at radius 3 is 1.65 bits per heavy atom. The molecule has 0 saturated carbocycles. The Hall–Kier alpha value is -2.05. The average molecular weight is 322 g/mol. The fraction of sp³-hybridized carbons (Fsp3) is 0.200. The fourth-order valence-corrected chi connectivity index (χ4v) is 5.69. The zero-order valence-corrected chi connectivity index (χ0v) is 15.1. The first-order chi connectivity index (χ1) is 11.1. The molecular weight excluding hydrogens is 299 g/mol. The van der Waals surface area contributed by atoms with Gasteiger partial charge in [0.25, 0.3) is 0 Å². The molecule has 0 aliphatic rings. The molecule has 0 unspecified atom stereocenters. The number of aryl methyl sites for hydroxylation is 1. The van der Waals surface area contributed by atoms with Crippen LogP contribution in [0.1, 0.15) is 11.4 Å². The number of rotatable bonds is 4. The highest BCUT2D eigenvalue weighted by Crippen LogP contribution is 2.34. The van der Waals surface area contributed by atoms with Crippen molar-refractivity contribution in [1.82, 2.24) is 4.68 Å². The Balaban J connectivity index is 2.20. The molecule has 0 bridgehead atoms. The Bertz CT molecular complexity index is 737. The molecule has 2 aromatic carbocycles. The van der Waals surface area contributed by atoms with E-state index < -0.39 is 7.92 Å². The van der Waals surface area contributed by atoms with Crippen molar-refractivity contribution in [3.05, 3.63) is 78.1 Å². The maximum atomic E-state index is 2.35. The van der Waals surface area contributed by atoms with Crippen LogP contribution in [0.3, 0.4) is 0 Å². The van der Waals surface area contributed by atoms with Crippen LogP contribution in [0.15, 0.2) is 66.7 Å². The standard InChI is InChI=1S/C20H23N2P/c1-16-15-20(17(2)22(16)21(3)4)23(18-11-7-5-8-12-18)19-13-9-6-10-14-19/h5-15H,1-4H3. The van der Waals surface area contributed by atoms with Gasteiger partial charge in [-0.2, -0.15) is 0 Å². The first-order valence-electron chi connectivity index (χ1n) is 7.86. The summed E-state index contributed by atoms with van der Waals surface area (Å²) < 4.78 is 2.29. The summed E-state index contributed by atoms with van der Waals surface area (Å²) in [6.45, 7) is 4.41. The highest BCUT2D eigenvalue weighted by molar-refractivity contribution is 7.79. The lowest BCUT2D eigenvalue weighted by molar-refractivity contribution is 0.694. The Labute approximate surface area is 140 Å². The van der Waals surface area contributed by atoms with Gasteiger partial charge in [-0.25, -0.2) is 0 Å². The lowest BCUT2D eigenvalue weighted by atomic mass is 10.4. The lowest BCUT2D eigenvalue weighted by Gasteiger charge is -2.22. The molecule has 3 rings (SSSR count). The van der Waals surface area contributed by atoms with E-state index in [4.69, 9.17) is 0 Å². The van der Waals surface area contributed by atoms with Crippen molar-refractivity contribution in [1.29, 1.82) is 0 Å². The van der Waals surface area contributed by atoms with Gasteiger partial charge >= 0.3 is 0 Å². The maximum Gasteiger partial charge on any atom is 0.0451 e. The van der Waals surface area contributed by atoms with Crippen molar-refractivity contribution < 1.29 is 0 Å². The van der Waals surface area contributed by atoms with Crippen LogP contribution >= 0.6 is 7.92 Å². The van der Waals surface area contributed by atoms with Gasteiger partial charge in [0.2, 0.25) is 0 Å². The number of benzene rings is 2. The summed E-state index contributed by atoms with van der Waals surface area (Å²) >= 11 is 0. The molecule has 1 aromatic heterocycles. The van der Waals surface area contributed by atoms with Gasteiger partial charge in [-0.15, -0.1) is 0 Å². The van der Waals surface area contributed by atoms with Crippen molar-refractivity contribution in [3.63, 3.8) is 0 Å². The minimum absolute atomic E-state index is 0.534. The second-order valence-electron chi connectivity index (χ2n) is 5.92. The van der Waals surface area contributed by atoms with Crippen LogP contribution in [0.2, 0.25) is 0 Å². The molecule has 0 aliphatic heterocycles. The van der Waals surface area contributed by atoms with Gasteiger partial charge in [0, 0.05) is 30.8 Å². The minimum Gasteiger partial charge on any atom is -0.319 e. The van der Waals surface area contributed by atoms with Crippen molar-refractivity contribution >= 4 is 23.8 Å². The lowest BCUT2D eigenvalue weighted by Crippen LogP contribution is -2.29. The van der Waals surface area contributed by atoms with E-state index in [0.717, 1.165) is 0 Å². The summed E-state index contributed by atoms with van der Waals surface area (Å²) in [4.78, 5) is 0. The molecule has 1 heterocycles. The molecule has 0 fully saturated rings. The van der Waals surface area contributed by atoms with Crippen LogP contribution in [0.4, 0.5) is 0 Å². The molecular formula is C20H23N2P. The average Bonchev–Trinajstić information content (AvgIpc) is 2.84. The Morgan fingerprint density at radius 1 is 0.783 bits per heavy atom. The number of nitrogens with zero attached hydrogens (tertiary/aromatic N) is 2. The Kier molecular flexibility index (Phi) is 4.54. The normalized spacial score (nSPS) is 11.0. The molecule has 0 radical (unpaired) electrons. The van der Waals surface area contributed by atoms with E-state index in [1.165, 1.54) is 27.3 Å². The van der Waals surface area contributed by atoms with E-state index in [0.29, 0.717) is 0 Å². The summed E-state index contributed by atoms with van der Waals surface area (Å²) in [5, 5.41) is 6.38. The first-order valence-corrected chi connectivity index (χ1v) is 9.20. The molecule has 0 aliphatic carbocycles. The van der Waals surface area contributed by atoms with E-state index in [9.17, 15) is 0 Å². The first kappa shape index (κ1) is 15.8. The quantitative estimate of drug-likeness (QED) is 0.670. The molecule has 0 amide bonds. The monoisotopic (exact) mass is 322 g/mol. The van der Waals surface area contributed by atoms with Crippen molar-refractivity contribution in [2.75, 3.05) is 19.1 Å². The molecule has 3 aromatic rings. The van der Waals surface area contributed by atoms with Gasteiger partial charge in [0.15, 0.2) is 0 Å². The van der Waals surface area contributed by atoms with Crippen molar-refractivity contribution in [2.45, 2.75) is 13.8 Å². The molecule has 0 N–H and O–H groups in total. The predicted molar refractivity (Wildman–Crippen MR) is 103 cm³/mol. The second kappa shape index (κ2) is 6.60. The van der Waals surface area contributed by atoms with Gasteiger partial charge < -0.3 is 5.01 Å². The van der Waals surface area contributed by atoms with E-state index in [2.05, 4.69) is 104 Å². The van der Waals surface area contributed by atoms with Gasteiger partial charge in [0.05, 0.1) is 0 Å². The van der Waals surface area contributed by atoms with Crippen LogP contribution in [-0.2, 0) is 0 Å². The summed E-state index contributed by atoms with van der Waals surface area (Å²) in [6.07, 6.45) is 0. The topological polar surface area (TPSA) is 8.17 Å². The smallest absolute Gasteiger partial charge is 0.0451 e. The fourth-order valence-electron chi connectivity index (χ4n) is 3.16. The van der Waals surface area contributed by atoms with E-state index >= 15 is 0 Å². The van der Waals surface area contributed by atoms with E-state index in [1.54, 1.807) is 0 Å². The largest absolute Gasteiger partial charge is 0.319 e. The van der Waals surface area contributed by atoms with Gasteiger partial charge in [-0.3, -0.25) is 4.68 Å². The summed E-state index contributed by atoms with van der Waals surface area (Å²) in [5.41, 5.74) is 2.60. The highest BCUT2D eigenvalue weighted by Gasteiger charge is 2.22. The third-order valence-electron chi connectivity index (χ3n) is 4.04. The van der Waals surface area contributed by atoms with Crippen LogP contribution in [0.5, 0.6) is 0 Å². The second-order valence-corrected chi connectivity index (χ2v) is 8.11. The van der Waals surface area contributed by atoms with Gasteiger partial charge in [-0.05, 0) is 38.4 Å². The van der Waals surface area contributed by atoms with E-state index in [1.807, 2.05) is 0 Å². The zero-order valence-electron chi connectivity index (χ0n) is 14.2. The molecule has 0 atom stereocenters. The molecule has 0 spiro atoms. The SMILES string of the molecule is Cc1cc(P(c2ccccc2)c2ccccc2)c(C)n1N(C)C. The summed E-state index contributed by atoms with van der Waals surface area (Å²) in [5.74, 6) is 0. The molecule has 0 saturated heterocycles. The number of aromatic nitrogens is 1. The van der Waals surface area contributed by atoms with Crippen LogP contribution in [0.25, 0.3) is 0 Å². The minimum atomic E-state index is -0.534. The van der Waals surface area contributed by atoms with Crippen LogP contribution in [0, 0.1) is 13.8 Å². The maximum absolute atomic E-state index is 2.35. The number of hydrogen-bond acceptors (Lipinski definition) is 1. The molecule has 3 heteroatoms. The third kappa shape index (κ3) is 3.04. The molecule has 23 heavy (non-hydrogen) atoms. The van der Waals surface area contributed by atoms with Gasteiger partial charge in [0.1, 0.15) is 0 Å². The van der Waals surface area contributed by atoms with Gasteiger partial charge in [-0.1, -0.05) is 60.7 Å². The predicted octanol–water partition coefficient (Wildman–Crippen LogP) is 3.06. The number of hydrogen-bond donors (Lipinski definition) is 0. The Morgan fingerprint density at radius 2 is 1.26 bits per heavy atom. The summed E-state index contributed by atoms with van der Waals surface area (Å²) in [7, 11) is 3.65. The van der Waals surface area contributed by atoms with Crippen molar-refractivity contribution in [3.8, 4) is 0 Å². The molecule has 2 nitrogen and oxygen atoms in total. The van der Waals surface area contributed by atoms with Crippen LogP contribution < -0.4 is 20.9 Å². The zero-order chi connectivity index (χ0) is 16.4. The highest BCUT2D eigenvalue weighted by atomic mass is 31.1. The van der Waals surface area contributed by atoms with Crippen molar-refractivity contribution in [2.24, 2.45) is 0 Å².